The number of benzene rings is 2. The number of nitriles is 1. The lowest BCUT2D eigenvalue weighted by molar-refractivity contribution is 0.416. The second kappa shape index (κ2) is 5.31. The van der Waals surface area contributed by atoms with Gasteiger partial charge in [0.15, 0.2) is 5.13 Å². The fourth-order valence-electron chi connectivity index (χ4n) is 2.02. The Morgan fingerprint density at radius 1 is 1.33 bits per heavy atom. The van der Waals surface area contributed by atoms with Crippen molar-refractivity contribution in [2.45, 2.75) is 0 Å². The van der Waals surface area contributed by atoms with Crippen molar-refractivity contribution in [1.29, 1.82) is 5.26 Å². The van der Waals surface area contributed by atoms with Crippen molar-refractivity contribution in [3.63, 3.8) is 0 Å². The SMILES string of the molecule is COc1cccc(C#N)c1Nc1nc2ccc(N)cc2s1. The van der Waals surface area contributed by atoms with Gasteiger partial charge < -0.3 is 15.8 Å². The third kappa shape index (κ3) is 2.47. The molecule has 0 radical (unpaired) electrons. The number of ether oxygens (including phenoxy) is 1. The lowest BCUT2D eigenvalue weighted by atomic mass is 10.2. The molecule has 1 aromatic heterocycles. The molecule has 3 N–H and O–H groups in total. The molecule has 0 unspecified atom stereocenters. The van der Waals surface area contributed by atoms with Crippen LogP contribution < -0.4 is 15.8 Å². The number of nitrogens with two attached hydrogens (primary N) is 1. The maximum Gasteiger partial charge on any atom is 0.188 e. The zero-order valence-corrected chi connectivity index (χ0v) is 12.1. The highest BCUT2D eigenvalue weighted by Gasteiger charge is 2.11. The van der Waals surface area contributed by atoms with Crippen molar-refractivity contribution in [2.75, 3.05) is 18.2 Å². The Hall–Kier alpha value is -2.78. The van der Waals surface area contributed by atoms with E-state index in [1.165, 1.54) is 11.3 Å². The predicted octanol–water partition coefficient (Wildman–Crippen LogP) is 3.50. The first-order valence-corrected chi connectivity index (χ1v) is 7.03. The maximum atomic E-state index is 9.21. The van der Waals surface area contributed by atoms with E-state index in [1.807, 2.05) is 18.2 Å². The lowest BCUT2D eigenvalue weighted by Gasteiger charge is -2.10. The molecule has 0 aliphatic rings. The minimum Gasteiger partial charge on any atom is -0.495 e. The van der Waals surface area contributed by atoms with E-state index in [2.05, 4.69) is 16.4 Å². The molecule has 6 heteroatoms. The van der Waals surface area contributed by atoms with Gasteiger partial charge in [-0.25, -0.2) is 4.98 Å². The fraction of sp³-hybridized carbons (Fsp3) is 0.0667. The quantitative estimate of drug-likeness (QED) is 0.723. The summed E-state index contributed by atoms with van der Waals surface area (Å²) in [6.45, 7) is 0. The largest absolute Gasteiger partial charge is 0.495 e. The van der Waals surface area contributed by atoms with Crippen LogP contribution >= 0.6 is 11.3 Å². The van der Waals surface area contributed by atoms with Gasteiger partial charge >= 0.3 is 0 Å². The number of aromatic nitrogens is 1. The third-order valence-corrected chi connectivity index (χ3v) is 3.94. The fourth-order valence-corrected chi connectivity index (χ4v) is 2.94. The zero-order valence-electron chi connectivity index (χ0n) is 11.3. The highest BCUT2D eigenvalue weighted by atomic mass is 32.1. The molecule has 3 aromatic rings. The molecule has 0 fully saturated rings. The topological polar surface area (TPSA) is 84.0 Å². The number of anilines is 3. The molecule has 0 saturated carbocycles. The summed E-state index contributed by atoms with van der Waals surface area (Å²) in [7, 11) is 1.57. The molecular formula is C15H12N4OS. The second-order valence-electron chi connectivity index (χ2n) is 4.37. The maximum absolute atomic E-state index is 9.21. The average Bonchev–Trinajstić information content (AvgIpc) is 2.88. The normalized spacial score (nSPS) is 10.3. The molecule has 1 heterocycles. The van der Waals surface area contributed by atoms with Gasteiger partial charge in [0.2, 0.25) is 0 Å². The molecule has 0 saturated heterocycles. The number of hydrogen-bond donors (Lipinski definition) is 2. The number of thiazole rings is 1. The third-order valence-electron chi connectivity index (χ3n) is 3.01. The summed E-state index contributed by atoms with van der Waals surface area (Å²) in [4.78, 5) is 4.49. The first-order valence-electron chi connectivity index (χ1n) is 6.21. The predicted molar refractivity (Wildman–Crippen MR) is 85.0 cm³/mol. The number of nitrogen functional groups attached to an aromatic ring is 1. The van der Waals surface area contributed by atoms with Gasteiger partial charge in [0, 0.05) is 5.69 Å². The minimum absolute atomic E-state index is 0.508. The van der Waals surface area contributed by atoms with Gasteiger partial charge in [0.05, 0.1) is 22.9 Å². The Labute approximate surface area is 125 Å². The Kier molecular flexibility index (Phi) is 3.34. The lowest BCUT2D eigenvalue weighted by Crippen LogP contribution is -1.97. The molecule has 3 rings (SSSR count). The van der Waals surface area contributed by atoms with Gasteiger partial charge in [-0.2, -0.15) is 5.26 Å². The first-order chi connectivity index (χ1) is 10.2. The van der Waals surface area contributed by atoms with Gasteiger partial charge in [-0.1, -0.05) is 17.4 Å². The van der Waals surface area contributed by atoms with Gasteiger partial charge in [0.1, 0.15) is 17.5 Å². The molecule has 0 bridgehead atoms. The number of rotatable bonds is 3. The monoisotopic (exact) mass is 296 g/mol. The van der Waals surface area contributed by atoms with E-state index in [0.29, 0.717) is 27.8 Å². The average molecular weight is 296 g/mol. The molecule has 0 amide bonds. The van der Waals surface area contributed by atoms with E-state index in [4.69, 9.17) is 10.5 Å². The Bertz CT molecular complexity index is 850. The van der Waals surface area contributed by atoms with Crippen molar-refractivity contribution >= 4 is 38.1 Å². The summed E-state index contributed by atoms with van der Waals surface area (Å²) in [5, 5.41) is 13.1. The smallest absolute Gasteiger partial charge is 0.188 e. The number of methoxy groups -OCH3 is 1. The molecule has 5 nitrogen and oxygen atoms in total. The number of nitrogens with one attached hydrogen (secondary N) is 1. The van der Waals surface area contributed by atoms with E-state index < -0.39 is 0 Å². The van der Waals surface area contributed by atoms with Gasteiger partial charge in [-0.15, -0.1) is 0 Å². The van der Waals surface area contributed by atoms with Gasteiger partial charge in [0.25, 0.3) is 0 Å². The van der Waals surface area contributed by atoms with Crippen molar-refractivity contribution in [3.8, 4) is 11.8 Å². The molecule has 21 heavy (non-hydrogen) atoms. The van der Waals surface area contributed by atoms with Crippen LogP contribution in [0.15, 0.2) is 36.4 Å². The van der Waals surface area contributed by atoms with Crippen molar-refractivity contribution in [3.05, 3.63) is 42.0 Å². The van der Waals surface area contributed by atoms with E-state index in [-0.39, 0.29) is 0 Å². The second-order valence-corrected chi connectivity index (χ2v) is 5.40. The number of hydrogen-bond acceptors (Lipinski definition) is 6. The zero-order chi connectivity index (χ0) is 14.8. The van der Waals surface area contributed by atoms with Crippen LogP contribution in [-0.4, -0.2) is 12.1 Å². The van der Waals surface area contributed by atoms with E-state index >= 15 is 0 Å². The van der Waals surface area contributed by atoms with Crippen molar-refractivity contribution in [2.24, 2.45) is 0 Å². The van der Waals surface area contributed by atoms with Crippen molar-refractivity contribution < 1.29 is 4.74 Å². The molecule has 0 aliphatic heterocycles. The molecule has 0 spiro atoms. The highest BCUT2D eigenvalue weighted by Crippen LogP contribution is 2.34. The molecule has 104 valence electrons. The summed E-state index contributed by atoms with van der Waals surface area (Å²) in [6, 6.07) is 13.0. The van der Waals surface area contributed by atoms with Crippen LogP contribution in [0.3, 0.4) is 0 Å². The summed E-state index contributed by atoms with van der Waals surface area (Å²) in [5.74, 6) is 0.604. The summed E-state index contributed by atoms with van der Waals surface area (Å²) in [6.07, 6.45) is 0. The van der Waals surface area contributed by atoms with Gasteiger partial charge in [-0.05, 0) is 30.3 Å². The van der Waals surface area contributed by atoms with E-state index in [1.54, 1.807) is 25.3 Å². The van der Waals surface area contributed by atoms with Crippen LogP contribution in [0.4, 0.5) is 16.5 Å². The van der Waals surface area contributed by atoms with Gasteiger partial charge in [-0.3, -0.25) is 0 Å². The number of fused-ring (bicyclic) bond motifs is 1. The molecular weight excluding hydrogens is 284 g/mol. The standard InChI is InChI=1S/C15H12N4OS/c1-20-12-4-2-3-9(8-16)14(12)19-15-18-11-6-5-10(17)7-13(11)21-15/h2-7H,17H2,1H3,(H,18,19). The highest BCUT2D eigenvalue weighted by molar-refractivity contribution is 7.22. The number of para-hydroxylation sites is 1. The van der Waals surface area contributed by atoms with Crippen LogP contribution in [0, 0.1) is 11.3 Å². The summed E-state index contributed by atoms with van der Waals surface area (Å²) < 4.78 is 6.29. The van der Waals surface area contributed by atoms with E-state index in [0.717, 1.165) is 10.2 Å². The van der Waals surface area contributed by atoms with Crippen molar-refractivity contribution in [1.82, 2.24) is 4.98 Å². The summed E-state index contributed by atoms with van der Waals surface area (Å²) in [5.41, 5.74) is 8.47. The first kappa shape index (κ1) is 13.2. The van der Waals surface area contributed by atoms with E-state index in [9.17, 15) is 5.26 Å². The Morgan fingerprint density at radius 3 is 2.95 bits per heavy atom. The minimum atomic E-state index is 0.508. The molecule has 0 atom stereocenters. The van der Waals surface area contributed by atoms with Crippen LogP contribution in [0.2, 0.25) is 0 Å². The Balaban J connectivity index is 2.04. The van der Waals surface area contributed by atoms with Crippen LogP contribution in [0.5, 0.6) is 5.75 Å². The molecule has 2 aromatic carbocycles. The van der Waals surface area contributed by atoms with Crippen LogP contribution in [0.1, 0.15) is 5.56 Å². The molecule has 0 aliphatic carbocycles. The Morgan fingerprint density at radius 2 is 2.19 bits per heavy atom. The van der Waals surface area contributed by atoms with Crippen LogP contribution in [0.25, 0.3) is 10.2 Å². The van der Waals surface area contributed by atoms with Crippen LogP contribution in [-0.2, 0) is 0 Å². The summed E-state index contributed by atoms with van der Waals surface area (Å²) >= 11 is 1.48. The number of nitrogens with zero attached hydrogens (tertiary/aromatic N) is 2.